The molecule has 8 nitrogen and oxygen atoms in total. The van der Waals surface area contributed by atoms with Crippen LogP contribution in [0.5, 0.6) is 5.75 Å². The zero-order valence-electron chi connectivity index (χ0n) is 19.7. The molecule has 1 heterocycles. The minimum absolute atomic E-state index is 0.0871. The highest BCUT2D eigenvalue weighted by molar-refractivity contribution is 7.92. The lowest BCUT2D eigenvalue weighted by Gasteiger charge is -2.23. The van der Waals surface area contributed by atoms with Crippen molar-refractivity contribution in [3.8, 4) is 5.75 Å². The molecular formula is C25H27N3O5S2. The first-order valence-electron chi connectivity index (χ1n) is 11.1. The summed E-state index contributed by atoms with van der Waals surface area (Å²) < 4.78 is 60.8. The van der Waals surface area contributed by atoms with Gasteiger partial charge in [-0.15, -0.1) is 0 Å². The summed E-state index contributed by atoms with van der Waals surface area (Å²) in [5, 5.41) is 4.54. The zero-order chi connectivity index (χ0) is 25.2. The van der Waals surface area contributed by atoms with Gasteiger partial charge in [0.1, 0.15) is 5.75 Å². The Balaban J connectivity index is 1.81. The number of hydrazone groups is 1. The minimum atomic E-state index is -3.99. The Kier molecular flexibility index (Phi) is 6.86. The number of anilines is 1. The molecule has 1 unspecified atom stereocenters. The van der Waals surface area contributed by atoms with E-state index in [1.807, 2.05) is 19.1 Å². The maximum Gasteiger partial charge on any atom is 0.279 e. The number of methoxy groups -OCH3 is 1. The van der Waals surface area contributed by atoms with Crippen LogP contribution in [0.1, 0.15) is 36.1 Å². The van der Waals surface area contributed by atoms with Crippen LogP contribution in [0.2, 0.25) is 0 Å². The number of para-hydroxylation sites is 1. The third-order valence-electron chi connectivity index (χ3n) is 5.82. The molecule has 184 valence electrons. The van der Waals surface area contributed by atoms with Crippen LogP contribution in [0.3, 0.4) is 0 Å². The van der Waals surface area contributed by atoms with E-state index in [0.29, 0.717) is 22.7 Å². The first kappa shape index (κ1) is 24.7. The highest BCUT2D eigenvalue weighted by Crippen LogP contribution is 2.38. The lowest BCUT2D eigenvalue weighted by atomic mass is 9.98. The van der Waals surface area contributed by atoms with E-state index in [1.54, 1.807) is 74.7 Å². The van der Waals surface area contributed by atoms with Gasteiger partial charge in [-0.1, -0.05) is 48.0 Å². The molecule has 1 aliphatic rings. The SMILES string of the molecule is CCS(=O)(=O)Nc1ccccc1C1=NN(S(=O)(=O)c2ccc(C)cc2)C(c2ccc(OC)cc2)C1. The van der Waals surface area contributed by atoms with Crippen molar-refractivity contribution in [2.75, 3.05) is 17.6 Å². The third kappa shape index (κ3) is 5.18. The summed E-state index contributed by atoms with van der Waals surface area (Å²) in [6.07, 6.45) is 0.266. The first-order chi connectivity index (χ1) is 16.6. The normalized spacial score (nSPS) is 16.1. The van der Waals surface area contributed by atoms with Gasteiger partial charge < -0.3 is 4.74 Å². The summed E-state index contributed by atoms with van der Waals surface area (Å²) in [4.78, 5) is 0.131. The van der Waals surface area contributed by atoms with Crippen molar-refractivity contribution < 1.29 is 21.6 Å². The van der Waals surface area contributed by atoms with Gasteiger partial charge in [-0.05, 0) is 49.7 Å². The van der Waals surface area contributed by atoms with E-state index in [4.69, 9.17) is 4.74 Å². The second-order valence-corrected chi connectivity index (χ2v) is 12.0. The van der Waals surface area contributed by atoms with E-state index in [1.165, 1.54) is 0 Å². The Bertz CT molecular complexity index is 1450. The molecular weight excluding hydrogens is 486 g/mol. The van der Waals surface area contributed by atoms with E-state index < -0.39 is 26.1 Å². The second-order valence-electron chi connectivity index (χ2n) is 8.18. The number of ether oxygens (including phenoxy) is 1. The molecule has 3 aromatic rings. The quantitative estimate of drug-likeness (QED) is 0.483. The molecule has 0 aromatic heterocycles. The van der Waals surface area contributed by atoms with Crippen LogP contribution in [0.4, 0.5) is 5.69 Å². The van der Waals surface area contributed by atoms with Gasteiger partial charge in [-0.3, -0.25) is 4.72 Å². The fourth-order valence-electron chi connectivity index (χ4n) is 3.83. The Hall–Kier alpha value is -3.37. The van der Waals surface area contributed by atoms with Crippen LogP contribution in [-0.2, 0) is 20.0 Å². The molecule has 0 saturated heterocycles. The van der Waals surface area contributed by atoms with Gasteiger partial charge >= 0.3 is 0 Å². The van der Waals surface area contributed by atoms with Gasteiger partial charge in [0.2, 0.25) is 10.0 Å². The predicted octanol–water partition coefficient (Wildman–Crippen LogP) is 4.31. The van der Waals surface area contributed by atoms with Gasteiger partial charge in [0.15, 0.2) is 0 Å². The summed E-state index contributed by atoms with van der Waals surface area (Å²) in [5.41, 5.74) is 3.04. The molecule has 0 saturated carbocycles. The number of nitrogens with zero attached hydrogens (tertiary/aromatic N) is 2. The van der Waals surface area contributed by atoms with E-state index in [0.717, 1.165) is 15.5 Å². The number of benzene rings is 3. The third-order valence-corrected chi connectivity index (χ3v) is 8.81. The molecule has 0 aliphatic carbocycles. The number of rotatable bonds is 8. The van der Waals surface area contributed by atoms with Crippen LogP contribution < -0.4 is 9.46 Å². The molecule has 1 aliphatic heterocycles. The Morgan fingerprint density at radius 3 is 2.26 bits per heavy atom. The topological polar surface area (TPSA) is 105 Å². The molecule has 0 bridgehead atoms. The fourth-order valence-corrected chi connectivity index (χ4v) is 5.92. The molecule has 0 amide bonds. The van der Waals surface area contributed by atoms with Gasteiger partial charge in [-0.25, -0.2) is 8.42 Å². The maximum absolute atomic E-state index is 13.7. The van der Waals surface area contributed by atoms with E-state index in [-0.39, 0.29) is 17.1 Å². The molecule has 0 radical (unpaired) electrons. The molecule has 3 aromatic carbocycles. The number of sulfonamides is 2. The van der Waals surface area contributed by atoms with Crippen molar-refractivity contribution in [1.82, 2.24) is 4.41 Å². The van der Waals surface area contributed by atoms with Crippen LogP contribution in [-0.4, -0.2) is 39.8 Å². The number of hydrogen-bond acceptors (Lipinski definition) is 6. The van der Waals surface area contributed by atoms with Crippen molar-refractivity contribution in [3.05, 3.63) is 89.5 Å². The average Bonchev–Trinajstić information content (AvgIpc) is 3.31. The zero-order valence-corrected chi connectivity index (χ0v) is 21.3. The molecule has 0 spiro atoms. The highest BCUT2D eigenvalue weighted by atomic mass is 32.2. The fraction of sp³-hybridized carbons (Fsp3) is 0.240. The number of nitrogens with one attached hydrogen (secondary N) is 1. The standard InChI is InChI=1S/C25H27N3O5S2/c1-4-34(29,30)27-23-8-6-5-7-22(23)24-17-25(19-11-13-20(33-3)14-12-19)28(26-24)35(31,32)21-15-9-18(2)10-16-21/h5-16,25,27H,4,17H2,1-3H3. The van der Waals surface area contributed by atoms with Crippen LogP contribution in [0, 0.1) is 6.92 Å². The smallest absolute Gasteiger partial charge is 0.279 e. The van der Waals surface area contributed by atoms with Crippen molar-refractivity contribution in [2.45, 2.75) is 31.2 Å². The van der Waals surface area contributed by atoms with Gasteiger partial charge in [0, 0.05) is 12.0 Å². The molecule has 10 heteroatoms. The van der Waals surface area contributed by atoms with Crippen molar-refractivity contribution in [3.63, 3.8) is 0 Å². The summed E-state index contributed by atoms with van der Waals surface area (Å²) in [5.74, 6) is 0.566. The largest absolute Gasteiger partial charge is 0.497 e. The lowest BCUT2D eigenvalue weighted by Crippen LogP contribution is -2.27. The first-order valence-corrected chi connectivity index (χ1v) is 14.2. The maximum atomic E-state index is 13.7. The van der Waals surface area contributed by atoms with Crippen LogP contribution in [0.25, 0.3) is 0 Å². The van der Waals surface area contributed by atoms with E-state index in [2.05, 4.69) is 9.82 Å². The van der Waals surface area contributed by atoms with Gasteiger partial charge in [0.25, 0.3) is 10.0 Å². The Morgan fingerprint density at radius 2 is 1.63 bits per heavy atom. The molecule has 1 atom stereocenters. The van der Waals surface area contributed by atoms with E-state index >= 15 is 0 Å². The monoisotopic (exact) mass is 513 g/mol. The van der Waals surface area contributed by atoms with Crippen molar-refractivity contribution in [1.29, 1.82) is 0 Å². The van der Waals surface area contributed by atoms with Gasteiger partial charge in [0.05, 0.1) is 35.2 Å². The molecule has 1 N–H and O–H groups in total. The molecule has 35 heavy (non-hydrogen) atoms. The second kappa shape index (κ2) is 9.71. The van der Waals surface area contributed by atoms with Crippen LogP contribution >= 0.6 is 0 Å². The summed E-state index contributed by atoms with van der Waals surface area (Å²) >= 11 is 0. The number of aryl methyl sites for hydroxylation is 1. The highest BCUT2D eigenvalue weighted by Gasteiger charge is 2.38. The van der Waals surface area contributed by atoms with Crippen LogP contribution in [0.15, 0.2) is 82.8 Å². The summed E-state index contributed by atoms with van der Waals surface area (Å²) in [6.45, 7) is 3.44. The Morgan fingerprint density at radius 1 is 0.971 bits per heavy atom. The molecule has 0 fully saturated rings. The average molecular weight is 514 g/mol. The summed E-state index contributed by atoms with van der Waals surface area (Å²) in [7, 11) is -5.96. The summed E-state index contributed by atoms with van der Waals surface area (Å²) in [6, 6.07) is 20.0. The van der Waals surface area contributed by atoms with Gasteiger partial charge in [-0.2, -0.15) is 17.9 Å². The van der Waals surface area contributed by atoms with E-state index in [9.17, 15) is 16.8 Å². The minimum Gasteiger partial charge on any atom is -0.497 e. The Labute approximate surface area is 206 Å². The van der Waals surface area contributed by atoms with Crippen molar-refractivity contribution >= 4 is 31.4 Å². The lowest BCUT2D eigenvalue weighted by molar-refractivity contribution is 0.370. The number of hydrogen-bond donors (Lipinski definition) is 1. The molecule has 4 rings (SSSR count). The predicted molar refractivity (Wildman–Crippen MR) is 137 cm³/mol. The van der Waals surface area contributed by atoms with Crippen molar-refractivity contribution in [2.24, 2.45) is 5.10 Å².